The molecule has 3 aromatic rings. The van der Waals surface area contributed by atoms with Crippen LogP contribution in [0.15, 0.2) is 30.5 Å². The molecule has 2 aromatic heterocycles. The summed E-state index contributed by atoms with van der Waals surface area (Å²) in [5.74, 6) is 3.26. The van der Waals surface area contributed by atoms with Crippen LogP contribution in [-0.2, 0) is 11.3 Å². The highest BCUT2D eigenvalue weighted by Crippen LogP contribution is 2.75. The van der Waals surface area contributed by atoms with Gasteiger partial charge in [0.25, 0.3) is 0 Å². The van der Waals surface area contributed by atoms with Crippen LogP contribution in [0.1, 0.15) is 57.3 Å². The topological polar surface area (TPSA) is 76.3 Å². The van der Waals surface area contributed by atoms with Crippen LogP contribution in [0.25, 0.3) is 16.7 Å². The van der Waals surface area contributed by atoms with E-state index in [1.54, 1.807) is 14.0 Å². The first-order chi connectivity index (χ1) is 15.4. The predicted octanol–water partition coefficient (Wildman–Crippen LogP) is 4.07. The zero-order valence-electron chi connectivity index (χ0n) is 19.5. The van der Waals surface area contributed by atoms with Crippen LogP contribution in [0.4, 0.5) is 5.82 Å². The number of methoxy groups -OCH3 is 1. The molecule has 1 N–H and O–H groups in total. The van der Waals surface area contributed by atoms with Gasteiger partial charge in [0.05, 0.1) is 17.8 Å². The minimum Gasteiger partial charge on any atom is -0.392 e. The zero-order chi connectivity index (χ0) is 22.5. The lowest BCUT2D eigenvalue weighted by Gasteiger charge is -2.27. The number of aromatic nitrogens is 4. The van der Waals surface area contributed by atoms with Crippen molar-refractivity contribution in [1.29, 1.82) is 0 Å². The monoisotopic (exact) mass is 435 g/mol. The van der Waals surface area contributed by atoms with Gasteiger partial charge >= 0.3 is 0 Å². The van der Waals surface area contributed by atoms with Crippen molar-refractivity contribution in [2.75, 3.05) is 25.1 Å². The third-order valence-corrected chi connectivity index (χ3v) is 6.71. The Morgan fingerprint density at radius 3 is 2.66 bits per heavy atom. The van der Waals surface area contributed by atoms with E-state index in [1.165, 1.54) is 24.8 Å². The maximum atomic E-state index is 10.1. The molecule has 1 aromatic carbocycles. The SMILES string of the molecule is COCc1nc(N(CC(C)C)CC(C)O)cc(-n2ncc3ccc(C4CC45CC5)cc32)n1. The Labute approximate surface area is 189 Å². The summed E-state index contributed by atoms with van der Waals surface area (Å²) >= 11 is 0. The molecule has 1 spiro atoms. The quantitative estimate of drug-likeness (QED) is 0.546. The van der Waals surface area contributed by atoms with E-state index < -0.39 is 6.10 Å². The molecule has 2 heterocycles. The molecule has 2 unspecified atom stereocenters. The van der Waals surface area contributed by atoms with Gasteiger partial charge in [-0.1, -0.05) is 26.0 Å². The lowest BCUT2D eigenvalue weighted by Crippen LogP contribution is -2.35. The lowest BCUT2D eigenvalue weighted by atomic mass is 10.1. The van der Waals surface area contributed by atoms with Gasteiger partial charge < -0.3 is 14.7 Å². The molecule has 2 aliphatic rings. The van der Waals surface area contributed by atoms with Gasteiger partial charge in [-0.3, -0.25) is 0 Å². The Balaban J connectivity index is 1.56. The van der Waals surface area contributed by atoms with Gasteiger partial charge in [-0.2, -0.15) is 5.10 Å². The molecule has 0 aliphatic heterocycles. The van der Waals surface area contributed by atoms with Crippen LogP contribution in [0.5, 0.6) is 0 Å². The van der Waals surface area contributed by atoms with Crippen molar-refractivity contribution in [1.82, 2.24) is 19.7 Å². The highest BCUT2D eigenvalue weighted by Gasteiger charge is 2.62. The summed E-state index contributed by atoms with van der Waals surface area (Å²) in [5, 5.41) is 15.9. The second-order valence-electron chi connectivity index (χ2n) is 10.1. The van der Waals surface area contributed by atoms with Gasteiger partial charge in [0, 0.05) is 31.7 Å². The predicted molar refractivity (Wildman–Crippen MR) is 125 cm³/mol. The molecule has 2 aliphatic carbocycles. The number of hydrogen-bond donors (Lipinski definition) is 1. The van der Waals surface area contributed by atoms with Crippen molar-refractivity contribution in [3.63, 3.8) is 0 Å². The number of aliphatic hydroxyl groups is 1. The first-order valence-corrected chi connectivity index (χ1v) is 11.7. The maximum absolute atomic E-state index is 10.1. The number of aliphatic hydroxyl groups excluding tert-OH is 1. The Kier molecular flexibility index (Phi) is 5.42. The molecule has 5 rings (SSSR count). The van der Waals surface area contributed by atoms with Crippen LogP contribution in [0.2, 0.25) is 0 Å². The number of anilines is 1. The van der Waals surface area contributed by atoms with Crippen molar-refractivity contribution in [3.8, 4) is 5.82 Å². The van der Waals surface area contributed by atoms with E-state index in [2.05, 4.69) is 42.0 Å². The Morgan fingerprint density at radius 2 is 2.00 bits per heavy atom. The van der Waals surface area contributed by atoms with Gasteiger partial charge in [-0.15, -0.1) is 0 Å². The van der Waals surface area contributed by atoms with Gasteiger partial charge in [0.1, 0.15) is 12.4 Å². The summed E-state index contributed by atoms with van der Waals surface area (Å²) in [6, 6.07) is 8.71. The number of fused-ring (bicyclic) bond motifs is 1. The smallest absolute Gasteiger partial charge is 0.159 e. The van der Waals surface area contributed by atoms with Crippen molar-refractivity contribution >= 4 is 16.7 Å². The van der Waals surface area contributed by atoms with Crippen molar-refractivity contribution < 1.29 is 9.84 Å². The minimum atomic E-state index is -0.459. The van der Waals surface area contributed by atoms with Crippen LogP contribution < -0.4 is 4.90 Å². The number of hydrogen-bond acceptors (Lipinski definition) is 6. The normalized spacial score (nSPS) is 19.6. The summed E-state index contributed by atoms with van der Waals surface area (Å²) in [5.41, 5.74) is 3.10. The van der Waals surface area contributed by atoms with Crippen LogP contribution >= 0.6 is 0 Å². The Bertz CT molecular complexity index is 1110. The summed E-state index contributed by atoms with van der Waals surface area (Å²) in [6.45, 7) is 7.76. The molecule has 2 atom stereocenters. The first-order valence-electron chi connectivity index (χ1n) is 11.7. The van der Waals surface area contributed by atoms with E-state index in [4.69, 9.17) is 14.7 Å². The second-order valence-corrected chi connectivity index (χ2v) is 10.1. The summed E-state index contributed by atoms with van der Waals surface area (Å²) in [7, 11) is 1.65. The Morgan fingerprint density at radius 1 is 1.19 bits per heavy atom. The van der Waals surface area contributed by atoms with E-state index in [1.807, 2.05) is 16.9 Å². The Hall–Kier alpha value is -2.51. The third kappa shape index (κ3) is 4.11. The number of rotatable bonds is 9. The van der Waals surface area contributed by atoms with Crippen LogP contribution in [-0.4, -0.2) is 51.2 Å². The fourth-order valence-electron chi connectivity index (χ4n) is 4.92. The molecular weight excluding hydrogens is 402 g/mol. The van der Waals surface area contributed by atoms with Crippen molar-refractivity contribution in [2.45, 2.75) is 58.7 Å². The fourth-order valence-corrected chi connectivity index (χ4v) is 4.92. The standard InChI is InChI=1S/C25H33N5O2/c1-16(2)13-29(14-17(3)31)23-10-24(28-22(27-23)15-32-4)30-21-9-18(5-6-19(21)12-26-30)20-11-25(20)7-8-25/h5-6,9-10,12,16-17,20,31H,7-8,11,13-15H2,1-4H3. The molecule has 2 fully saturated rings. The summed E-state index contributed by atoms with van der Waals surface area (Å²) < 4.78 is 7.27. The van der Waals surface area contributed by atoms with Gasteiger partial charge in [0.2, 0.25) is 0 Å². The average molecular weight is 436 g/mol. The number of ether oxygens (including phenoxy) is 1. The molecule has 0 radical (unpaired) electrons. The summed E-state index contributed by atoms with van der Waals surface area (Å²) in [6.07, 6.45) is 5.52. The first kappa shape index (κ1) is 21.3. The molecule has 7 nitrogen and oxygen atoms in total. The highest BCUT2D eigenvalue weighted by molar-refractivity contribution is 5.81. The van der Waals surface area contributed by atoms with E-state index in [9.17, 15) is 5.11 Å². The number of nitrogens with zero attached hydrogens (tertiary/aromatic N) is 5. The second kappa shape index (κ2) is 8.12. The third-order valence-electron chi connectivity index (χ3n) is 6.71. The van der Waals surface area contributed by atoms with E-state index in [-0.39, 0.29) is 0 Å². The molecule has 0 amide bonds. The van der Waals surface area contributed by atoms with E-state index in [0.29, 0.717) is 36.2 Å². The summed E-state index contributed by atoms with van der Waals surface area (Å²) in [4.78, 5) is 11.6. The molecule has 0 bridgehead atoms. The molecule has 32 heavy (non-hydrogen) atoms. The highest BCUT2D eigenvalue weighted by atomic mass is 16.5. The molecule has 2 saturated carbocycles. The van der Waals surface area contributed by atoms with Gasteiger partial charge in [-0.25, -0.2) is 14.6 Å². The molecular formula is C25H33N5O2. The largest absolute Gasteiger partial charge is 0.392 e. The van der Waals surface area contributed by atoms with Crippen molar-refractivity contribution in [3.05, 3.63) is 41.9 Å². The van der Waals surface area contributed by atoms with Crippen LogP contribution in [0.3, 0.4) is 0 Å². The zero-order valence-corrected chi connectivity index (χ0v) is 19.5. The average Bonchev–Trinajstić information content (AvgIpc) is 3.64. The van der Waals surface area contributed by atoms with Crippen LogP contribution in [0, 0.1) is 11.3 Å². The maximum Gasteiger partial charge on any atom is 0.159 e. The van der Waals surface area contributed by atoms with Crippen molar-refractivity contribution in [2.24, 2.45) is 11.3 Å². The van der Waals surface area contributed by atoms with E-state index >= 15 is 0 Å². The fraction of sp³-hybridized carbons (Fsp3) is 0.560. The van der Waals surface area contributed by atoms with Gasteiger partial charge in [0.15, 0.2) is 11.6 Å². The minimum absolute atomic E-state index is 0.320. The van der Waals surface area contributed by atoms with Gasteiger partial charge in [-0.05, 0) is 55.1 Å². The van der Waals surface area contributed by atoms with E-state index in [0.717, 1.165) is 29.1 Å². The lowest BCUT2D eigenvalue weighted by molar-refractivity contribution is 0.177. The molecule has 0 saturated heterocycles. The molecule has 7 heteroatoms. The number of benzene rings is 1. The molecule has 170 valence electrons.